The fourth-order valence-electron chi connectivity index (χ4n) is 1.99. The lowest BCUT2D eigenvalue weighted by molar-refractivity contribution is 0.616. The van der Waals surface area contributed by atoms with E-state index in [9.17, 15) is 0 Å². The summed E-state index contributed by atoms with van der Waals surface area (Å²) in [6.45, 7) is 2.30. The van der Waals surface area contributed by atoms with Gasteiger partial charge in [0, 0.05) is 17.5 Å². The number of rotatable bonds is 2. The molecule has 0 amide bonds. The molecular weight excluding hydrogens is 226 g/mol. The van der Waals surface area contributed by atoms with Gasteiger partial charge in [-0.25, -0.2) is 4.98 Å². The van der Waals surface area contributed by atoms with Crippen molar-refractivity contribution in [2.24, 2.45) is 5.73 Å². The van der Waals surface area contributed by atoms with Crippen LogP contribution in [0.25, 0.3) is 22.2 Å². The fourth-order valence-corrected chi connectivity index (χ4v) is 1.99. The van der Waals surface area contributed by atoms with Gasteiger partial charge in [0.15, 0.2) is 0 Å². The molecule has 0 saturated heterocycles. The lowest BCUT2D eigenvalue weighted by Crippen LogP contribution is -2.04. The standard InChI is InChI=1S/C14H13N3O/c1-9-12(6-15)17-13(7-16-9)11-8-18-14-5-3-2-4-10(11)14/h2-5,7-8H,6,15H2,1H3. The summed E-state index contributed by atoms with van der Waals surface area (Å²) in [5.41, 5.74) is 9.95. The van der Waals surface area contributed by atoms with Crippen LogP contribution in [0.5, 0.6) is 0 Å². The summed E-state index contributed by atoms with van der Waals surface area (Å²) in [6, 6.07) is 7.87. The first-order valence-electron chi connectivity index (χ1n) is 5.79. The van der Waals surface area contributed by atoms with Crippen LogP contribution in [0.15, 0.2) is 41.1 Å². The molecule has 2 N–H and O–H groups in total. The molecule has 2 heterocycles. The highest BCUT2D eigenvalue weighted by atomic mass is 16.3. The van der Waals surface area contributed by atoms with Crippen molar-refractivity contribution in [3.8, 4) is 11.3 Å². The Bertz CT molecular complexity index is 703. The summed E-state index contributed by atoms with van der Waals surface area (Å²) < 4.78 is 5.51. The molecule has 0 unspecified atom stereocenters. The predicted octanol–water partition coefficient (Wildman–Crippen LogP) is 2.66. The molecule has 4 nitrogen and oxygen atoms in total. The molecule has 90 valence electrons. The third kappa shape index (κ3) is 1.67. The molecule has 4 heteroatoms. The van der Waals surface area contributed by atoms with Crippen molar-refractivity contribution < 1.29 is 4.42 Å². The Balaban J connectivity index is 2.20. The predicted molar refractivity (Wildman–Crippen MR) is 69.9 cm³/mol. The van der Waals surface area contributed by atoms with Gasteiger partial charge < -0.3 is 10.2 Å². The maximum atomic E-state index is 5.66. The molecule has 0 fully saturated rings. The number of furan rings is 1. The number of hydrogen-bond donors (Lipinski definition) is 1. The minimum Gasteiger partial charge on any atom is -0.464 e. The second-order valence-electron chi connectivity index (χ2n) is 4.14. The minimum atomic E-state index is 0.391. The van der Waals surface area contributed by atoms with E-state index in [0.29, 0.717) is 6.54 Å². The third-order valence-electron chi connectivity index (χ3n) is 3.00. The number of para-hydroxylation sites is 1. The molecule has 2 aromatic heterocycles. The monoisotopic (exact) mass is 239 g/mol. The number of aromatic nitrogens is 2. The number of fused-ring (bicyclic) bond motifs is 1. The van der Waals surface area contributed by atoms with Gasteiger partial charge in [-0.15, -0.1) is 0 Å². The van der Waals surface area contributed by atoms with E-state index in [1.165, 1.54) is 0 Å². The number of benzene rings is 1. The fraction of sp³-hybridized carbons (Fsp3) is 0.143. The number of aryl methyl sites for hydroxylation is 1. The summed E-state index contributed by atoms with van der Waals surface area (Å²) in [5, 5.41) is 1.04. The molecule has 3 aromatic rings. The molecule has 0 saturated carbocycles. The molecule has 0 radical (unpaired) electrons. The largest absolute Gasteiger partial charge is 0.464 e. The van der Waals surface area contributed by atoms with Gasteiger partial charge in [-0.1, -0.05) is 18.2 Å². The van der Waals surface area contributed by atoms with Crippen molar-refractivity contribution in [1.29, 1.82) is 0 Å². The van der Waals surface area contributed by atoms with Crippen LogP contribution in [0.4, 0.5) is 0 Å². The molecule has 0 aliphatic heterocycles. The van der Waals surface area contributed by atoms with E-state index in [1.54, 1.807) is 12.5 Å². The van der Waals surface area contributed by atoms with E-state index in [-0.39, 0.29) is 0 Å². The molecule has 0 bridgehead atoms. The van der Waals surface area contributed by atoms with Crippen molar-refractivity contribution in [2.45, 2.75) is 13.5 Å². The Hall–Kier alpha value is -2.20. The highest BCUT2D eigenvalue weighted by molar-refractivity contribution is 5.92. The SMILES string of the molecule is Cc1ncc(-c2coc3ccccc23)nc1CN. The summed E-state index contributed by atoms with van der Waals surface area (Å²) in [6.07, 6.45) is 3.47. The average Bonchev–Trinajstić information content (AvgIpc) is 2.83. The highest BCUT2D eigenvalue weighted by Gasteiger charge is 2.10. The molecule has 18 heavy (non-hydrogen) atoms. The van der Waals surface area contributed by atoms with Crippen LogP contribution in [-0.4, -0.2) is 9.97 Å². The first kappa shape index (κ1) is 10.9. The second-order valence-corrected chi connectivity index (χ2v) is 4.14. The first-order valence-corrected chi connectivity index (χ1v) is 5.79. The van der Waals surface area contributed by atoms with E-state index in [2.05, 4.69) is 9.97 Å². The zero-order valence-electron chi connectivity index (χ0n) is 10.1. The average molecular weight is 239 g/mol. The lowest BCUT2D eigenvalue weighted by Gasteiger charge is -2.03. The van der Waals surface area contributed by atoms with Crippen LogP contribution < -0.4 is 5.73 Å². The van der Waals surface area contributed by atoms with Gasteiger partial charge in [0.2, 0.25) is 0 Å². The molecule has 0 aliphatic rings. The van der Waals surface area contributed by atoms with Crippen molar-refractivity contribution in [3.63, 3.8) is 0 Å². The maximum Gasteiger partial charge on any atom is 0.134 e. The van der Waals surface area contributed by atoms with Crippen LogP contribution in [0, 0.1) is 6.92 Å². The Labute approximate surface area is 104 Å². The van der Waals surface area contributed by atoms with E-state index >= 15 is 0 Å². The van der Waals surface area contributed by atoms with E-state index in [0.717, 1.165) is 33.6 Å². The van der Waals surface area contributed by atoms with E-state index in [1.807, 2.05) is 31.2 Å². The normalized spacial score (nSPS) is 11.0. The quantitative estimate of drug-likeness (QED) is 0.746. The molecule has 1 aromatic carbocycles. The van der Waals surface area contributed by atoms with Gasteiger partial charge in [0.05, 0.1) is 23.3 Å². The third-order valence-corrected chi connectivity index (χ3v) is 3.00. The Morgan fingerprint density at radius 1 is 1.28 bits per heavy atom. The van der Waals surface area contributed by atoms with Crippen LogP contribution in [0.2, 0.25) is 0 Å². The number of nitrogens with two attached hydrogens (primary N) is 1. The van der Waals surface area contributed by atoms with Gasteiger partial charge in [0.1, 0.15) is 11.8 Å². The van der Waals surface area contributed by atoms with Crippen LogP contribution >= 0.6 is 0 Å². The van der Waals surface area contributed by atoms with Crippen molar-refractivity contribution in [2.75, 3.05) is 0 Å². The number of hydrogen-bond acceptors (Lipinski definition) is 4. The highest BCUT2D eigenvalue weighted by Crippen LogP contribution is 2.29. The van der Waals surface area contributed by atoms with Crippen molar-refractivity contribution in [3.05, 3.63) is 48.1 Å². The smallest absolute Gasteiger partial charge is 0.134 e. The Kier molecular flexibility index (Phi) is 2.57. The molecule has 0 spiro atoms. The molecule has 3 rings (SSSR count). The maximum absolute atomic E-state index is 5.66. The topological polar surface area (TPSA) is 64.9 Å². The Morgan fingerprint density at radius 2 is 2.11 bits per heavy atom. The Morgan fingerprint density at radius 3 is 2.94 bits per heavy atom. The second kappa shape index (κ2) is 4.23. The number of nitrogens with zero attached hydrogens (tertiary/aromatic N) is 2. The summed E-state index contributed by atoms with van der Waals surface area (Å²) >= 11 is 0. The van der Waals surface area contributed by atoms with Gasteiger partial charge in [-0.05, 0) is 13.0 Å². The summed E-state index contributed by atoms with van der Waals surface area (Å²) in [4.78, 5) is 8.86. The lowest BCUT2D eigenvalue weighted by atomic mass is 10.1. The molecule has 0 aliphatic carbocycles. The van der Waals surface area contributed by atoms with Crippen LogP contribution in [0.1, 0.15) is 11.4 Å². The van der Waals surface area contributed by atoms with E-state index < -0.39 is 0 Å². The van der Waals surface area contributed by atoms with Crippen LogP contribution in [-0.2, 0) is 6.54 Å². The summed E-state index contributed by atoms with van der Waals surface area (Å²) in [5.74, 6) is 0. The van der Waals surface area contributed by atoms with E-state index in [4.69, 9.17) is 10.2 Å². The minimum absolute atomic E-state index is 0.391. The van der Waals surface area contributed by atoms with Crippen molar-refractivity contribution in [1.82, 2.24) is 9.97 Å². The van der Waals surface area contributed by atoms with Gasteiger partial charge in [0.25, 0.3) is 0 Å². The van der Waals surface area contributed by atoms with Gasteiger partial charge in [-0.2, -0.15) is 0 Å². The van der Waals surface area contributed by atoms with Crippen LogP contribution in [0.3, 0.4) is 0 Å². The van der Waals surface area contributed by atoms with Crippen molar-refractivity contribution >= 4 is 11.0 Å². The van der Waals surface area contributed by atoms with Gasteiger partial charge in [-0.3, -0.25) is 4.98 Å². The molecular formula is C14H13N3O. The zero-order valence-corrected chi connectivity index (χ0v) is 10.1. The first-order chi connectivity index (χ1) is 8.79. The zero-order chi connectivity index (χ0) is 12.5. The molecule has 0 atom stereocenters. The van der Waals surface area contributed by atoms with Gasteiger partial charge >= 0.3 is 0 Å². The summed E-state index contributed by atoms with van der Waals surface area (Å²) in [7, 11) is 0.